The van der Waals surface area contributed by atoms with Crippen molar-refractivity contribution in [3.63, 3.8) is 0 Å². The van der Waals surface area contributed by atoms with Crippen LogP contribution in [0.5, 0.6) is 0 Å². The molecule has 1 saturated carbocycles. The van der Waals surface area contributed by atoms with E-state index in [4.69, 9.17) is 14.2 Å². The number of carbonyl (C=O) groups excluding carboxylic acids is 1. The molecule has 0 aromatic heterocycles. The Kier molecular flexibility index (Phi) is 11.4. The number of rotatable bonds is 11. The molecule has 6 rings (SSSR count). The summed E-state index contributed by atoms with van der Waals surface area (Å²) in [6, 6.07) is 0.338. The molecule has 5 aliphatic heterocycles. The number of aliphatic hydroxyl groups excluding tert-OH is 1. The van der Waals surface area contributed by atoms with Crippen LogP contribution < -0.4 is 26.6 Å². The Balaban J connectivity index is 0.932. The second-order valence-corrected chi connectivity index (χ2v) is 14.3. The number of aliphatic hydroxyl groups is 1. The van der Waals surface area contributed by atoms with Crippen molar-refractivity contribution in [1.82, 2.24) is 41.3 Å². The number of β-amino-alcohol motifs (C(OH)–C–C–N with tert-alkyl or cyclic N) is 1. The molecule has 5 saturated heterocycles. The summed E-state index contributed by atoms with van der Waals surface area (Å²) >= 11 is 0. The normalized spacial score (nSPS) is 40.3. The Morgan fingerprint density at radius 1 is 1.09 bits per heavy atom. The molecule has 0 bridgehead atoms. The fraction of sp³-hybridized carbons (Fsp3) is 0.968. The minimum atomic E-state index is -0.592. The van der Waals surface area contributed by atoms with Gasteiger partial charge >= 0.3 is 0 Å². The lowest BCUT2D eigenvalue weighted by Crippen LogP contribution is -2.73. The van der Waals surface area contributed by atoms with Gasteiger partial charge in [-0.25, -0.2) is 0 Å². The first-order chi connectivity index (χ1) is 21.3. The average Bonchev–Trinajstić information content (AvgIpc) is 3.42. The zero-order valence-corrected chi connectivity index (χ0v) is 27.1. The second kappa shape index (κ2) is 15.3. The van der Waals surface area contributed by atoms with Gasteiger partial charge in [0.05, 0.1) is 63.1 Å². The molecule has 0 radical (unpaired) electrons. The van der Waals surface area contributed by atoms with E-state index in [0.717, 1.165) is 52.1 Å². The molecule has 10 atom stereocenters. The van der Waals surface area contributed by atoms with Crippen LogP contribution in [0.1, 0.15) is 39.5 Å². The standard InChI is InChI=1S/C31H58N8O5/c1-20-25-6-7-38(14-22(25)4-5-27(20)43-18-28-21(2)33-19-44-28)15-24(40)13-32-30(41)26-12-29(34-23-16-42-17-23)36-31(35-26)39-10-8-37(3)9-11-39/h20-29,31,33-36,40H,4-19H2,1-3H3,(H,32,41)/t20?,21?,22?,24-,25?,26?,27?,28?,29?,31?/m0/s1. The maximum atomic E-state index is 13.4. The smallest absolute Gasteiger partial charge is 0.237 e. The maximum absolute atomic E-state index is 13.4. The number of amides is 1. The predicted octanol–water partition coefficient (Wildman–Crippen LogP) is -1.65. The monoisotopic (exact) mass is 622 g/mol. The van der Waals surface area contributed by atoms with Gasteiger partial charge in [0, 0.05) is 58.3 Å². The minimum Gasteiger partial charge on any atom is -0.390 e. The van der Waals surface area contributed by atoms with Crippen molar-refractivity contribution in [3.05, 3.63) is 0 Å². The van der Waals surface area contributed by atoms with Crippen molar-refractivity contribution < 1.29 is 24.1 Å². The van der Waals surface area contributed by atoms with Crippen molar-refractivity contribution in [2.24, 2.45) is 17.8 Å². The van der Waals surface area contributed by atoms with E-state index in [0.29, 0.717) is 75.5 Å². The summed E-state index contributed by atoms with van der Waals surface area (Å²) in [5.41, 5.74) is 0. The van der Waals surface area contributed by atoms with Gasteiger partial charge in [-0.2, -0.15) is 0 Å². The number of piperidine rings is 1. The minimum absolute atomic E-state index is 0.0243. The Hall–Kier alpha value is -0.970. The largest absolute Gasteiger partial charge is 0.390 e. The SMILES string of the molecule is CC1NCOC1COC1CCC2CN(C[C@@H](O)CNC(=O)C3CC(NC4COC4)NC(N4CCN(C)CC4)N3)CCC2C1C. The van der Waals surface area contributed by atoms with E-state index in [1.807, 2.05) is 0 Å². The number of nitrogens with one attached hydrogen (secondary N) is 5. The van der Waals surface area contributed by atoms with Crippen LogP contribution in [0.4, 0.5) is 0 Å². The Bertz CT molecular complexity index is 923. The fourth-order valence-electron chi connectivity index (χ4n) is 8.13. The Morgan fingerprint density at radius 2 is 1.91 bits per heavy atom. The number of carbonyl (C=O) groups is 1. The summed E-state index contributed by atoms with van der Waals surface area (Å²) in [4.78, 5) is 20.5. The molecular weight excluding hydrogens is 564 g/mol. The Labute approximate surface area is 263 Å². The average molecular weight is 623 g/mol. The molecule has 1 amide bonds. The van der Waals surface area contributed by atoms with Crippen molar-refractivity contribution in [1.29, 1.82) is 0 Å². The highest BCUT2D eigenvalue weighted by molar-refractivity contribution is 5.82. The number of hydrogen-bond donors (Lipinski definition) is 6. The highest BCUT2D eigenvalue weighted by atomic mass is 16.6. The number of piperazine rings is 1. The molecule has 13 heteroatoms. The van der Waals surface area contributed by atoms with Gasteiger partial charge in [0.2, 0.25) is 5.91 Å². The zero-order valence-electron chi connectivity index (χ0n) is 27.1. The molecule has 252 valence electrons. The van der Waals surface area contributed by atoms with Gasteiger partial charge in [-0.05, 0) is 57.5 Å². The van der Waals surface area contributed by atoms with Crippen LogP contribution in [0.2, 0.25) is 0 Å². The first-order valence-electron chi connectivity index (χ1n) is 17.3. The van der Waals surface area contributed by atoms with Gasteiger partial charge < -0.3 is 34.4 Å². The van der Waals surface area contributed by atoms with Gasteiger partial charge in [-0.1, -0.05) is 6.92 Å². The fourth-order valence-corrected chi connectivity index (χ4v) is 8.13. The quantitative estimate of drug-likeness (QED) is 0.158. The lowest BCUT2D eigenvalue weighted by molar-refractivity contribution is -0.126. The first kappa shape index (κ1) is 33.0. The molecule has 0 aromatic carbocycles. The maximum Gasteiger partial charge on any atom is 0.237 e. The van der Waals surface area contributed by atoms with Gasteiger partial charge in [-0.15, -0.1) is 0 Å². The number of hydrogen-bond acceptors (Lipinski definition) is 12. The van der Waals surface area contributed by atoms with Gasteiger partial charge in [0.15, 0.2) is 0 Å². The number of likely N-dealkylation sites (N-methyl/N-ethyl adjacent to an activating group) is 1. The van der Waals surface area contributed by atoms with Crippen LogP contribution >= 0.6 is 0 Å². The van der Waals surface area contributed by atoms with Crippen LogP contribution in [0.3, 0.4) is 0 Å². The predicted molar refractivity (Wildman–Crippen MR) is 167 cm³/mol. The van der Waals surface area contributed by atoms with Crippen LogP contribution in [-0.4, -0.2) is 161 Å². The molecule has 9 unspecified atom stereocenters. The number of nitrogens with zero attached hydrogens (tertiary/aromatic N) is 3. The van der Waals surface area contributed by atoms with E-state index in [2.05, 4.69) is 62.2 Å². The molecule has 44 heavy (non-hydrogen) atoms. The molecular formula is C31H58N8O5. The second-order valence-electron chi connectivity index (χ2n) is 14.3. The van der Waals surface area contributed by atoms with E-state index >= 15 is 0 Å². The summed E-state index contributed by atoms with van der Waals surface area (Å²) < 4.78 is 17.5. The number of likely N-dealkylation sites (tertiary alicyclic amines) is 1. The summed E-state index contributed by atoms with van der Waals surface area (Å²) in [5.74, 6) is 1.79. The van der Waals surface area contributed by atoms with Crippen molar-refractivity contribution in [2.45, 2.75) is 88.4 Å². The van der Waals surface area contributed by atoms with Crippen LogP contribution in [0.15, 0.2) is 0 Å². The van der Waals surface area contributed by atoms with E-state index in [1.165, 1.54) is 6.42 Å². The van der Waals surface area contributed by atoms with Gasteiger partial charge in [0.1, 0.15) is 6.29 Å². The van der Waals surface area contributed by atoms with Gasteiger partial charge in [0.25, 0.3) is 0 Å². The highest BCUT2D eigenvalue weighted by Gasteiger charge is 2.41. The molecule has 6 N–H and O–H groups in total. The van der Waals surface area contributed by atoms with E-state index < -0.39 is 6.10 Å². The molecule has 0 spiro atoms. The lowest BCUT2D eigenvalue weighted by atomic mass is 9.68. The molecule has 5 heterocycles. The molecule has 6 aliphatic rings. The highest BCUT2D eigenvalue weighted by Crippen LogP contribution is 2.41. The van der Waals surface area contributed by atoms with Crippen molar-refractivity contribution >= 4 is 5.91 Å². The first-order valence-corrected chi connectivity index (χ1v) is 17.3. The number of ether oxygens (including phenoxy) is 3. The third-order valence-corrected chi connectivity index (χ3v) is 11.2. The summed E-state index contributed by atoms with van der Waals surface area (Å²) in [7, 11) is 2.15. The van der Waals surface area contributed by atoms with Crippen LogP contribution in [0.25, 0.3) is 0 Å². The summed E-state index contributed by atoms with van der Waals surface area (Å²) in [5, 5.41) is 28.2. The van der Waals surface area contributed by atoms with E-state index in [9.17, 15) is 9.90 Å². The van der Waals surface area contributed by atoms with Crippen molar-refractivity contribution in [3.8, 4) is 0 Å². The van der Waals surface area contributed by atoms with Crippen molar-refractivity contribution in [2.75, 3.05) is 86.0 Å². The Morgan fingerprint density at radius 3 is 2.64 bits per heavy atom. The molecule has 13 nitrogen and oxygen atoms in total. The summed E-state index contributed by atoms with van der Waals surface area (Å²) in [6.45, 7) is 14.0. The molecule has 6 fully saturated rings. The number of fused-ring (bicyclic) bond motifs is 1. The van der Waals surface area contributed by atoms with Gasteiger partial charge in [-0.3, -0.25) is 31.0 Å². The lowest BCUT2D eigenvalue weighted by Gasteiger charge is -2.47. The zero-order chi connectivity index (χ0) is 30.6. The third kappa shape index (κ3) is 8.29. The van der Waals surface area contributed by atoms with E-state index in [1.54, 1.807) is 0 Å². The third-order valence-electron chi connectivity index (χ3n) is 11.2. The topological polar surface area (TPSA) is 135 Å². The van der Waals surface area contributed by atoms with E-state index in [-0.39, 0.29) is 37.1 Å². The van der Waals surface area contributed by atoms with Crippen LogP contribution in [0, 0.1) is 17.8 Å². The molecule has 1 aliphatic carbocycles. The molecule has 0 aromatic rings. The van der Waals surface area contributed by atoms with Crippen LogP contribution in [-0.2, 0) is 19.0 Å². The summed E-state index contributed by atoms with van der Waals surface area (Å²) in [6.07, 6.45) is 3.84.